The van der Waals surface area contributed by atoms with Crippen LogP contribution in [0.4, 0.5) is 40.6 Å². The second-order valence-corrected chi connectivity index (χ2v) is 16.4. The number of ether oxygens (including phenoxy) is 3. The van der Waals surface area contributed by atoms with E-state index in [-0.39, 0.29) is 22.6 Å². The molecule has 16 heteroatoms. The summed E-state index contributed by atoms with van der Waals surface area (Å²) >= 11 is 0. The Balaban J connectivity index is 0.000000164. The smallest absolute Gasteiger partial charge is 0.337 e. The largest absolute Gasteiger partial charge is 0.489 e. The van der Waals surface area contributed by atoms with E-state index in [9.17, 15) is 27.2 Å². The van der Waals surface area contributed by atoms with Crippen molar-refractivity contribution < 1.29 is 46.5 Å². The summed E-state index contributed by atoms with van der Waals surface area (Å²) in [6.45, 7) is 2.91. The van der Waals surface area contributed by atoms with E-state index in [1.165, 1.54) is 19.2 Å². The molecule has 2 aromatic heterocycles. The number of aromatic carboxylic acids is 1. The van der Waals surface area contributed by atoms with Gasteiger partial charge in [-0.15, -0.1) is 0 Å². The first-order valence-electron chi connectivity index (χ1n) is 21.1. The number of fused-ring (bicyclic) bond motifs is 2. The van der Waals surface area contributed by atoms with Gasteiger partial charge in [-0.3, -0.25) is 0 Å². The summed E-state index contributed by atoms with van der Waals surface area (Å²) in [6, 6.07) is 25.7. The number of hydrogen-bond acceptors (Lipinski definition) is 11. The highest BCUT2D eigenvalue weighted by Crippen LogP contribution is 2.52. The van der Waals surface area contributed by atoms with Gasteiger partial charge in [0.25, 0.3) is 0 Å². The number of aromatic nitrogens is 2. The van der Waals surface area contributed by atoms with E-state index < -0.39 is 29.2 Å². The molecule has 6 aromatic rings. The van der Waals surface area contributed by atoms with Crippen molar-refractivity contribution in [2.45, 2.75) is 49.9 Å². The summed E-state index contributed by atoms with van der Waals surface area (Å²) in [5.41, 5.74) is 5.05. The number of nitrogens with one attached hydrogen (secondary N) is 2. The predicted molar refractivity (Wildman–Crippen MR) is 235 cm³/mol. The highest BCUT2D eigenvalue weighted by Gasteiger charge is 2.47. The lowest BCUT2D eigenvalue weighted by atomic mass is 10.0. The minimum absolute atomic E-state index is 0.242. The molecule has 0 amide bonds. The van der Waals surface area contributed by atoms with Crippen molar-refractivity contribution in [3.8, 4) is 11.5 Å². The van der Waals surface area contributed by atoms with Crippen LogP contribution in [0.1, 0.15) is 68.7 Å². The summed E-state index contributed by atoms with van der Waals surface area (Å²) in [4.78, 5) is 36.2. The van der Waals surface area contributed by atoms with Crippen molar-refractivity contribution in [3.05, 3.63) is 166 Å². The van der Waals surface area contributed by atoms with Crippen molar-refractivity contribution in [2.75, 3.05) is 53.8 Å². The van der Waals surface area contributed by atoms with Gasteiger partial charge in [0.15, 0.2) is 34.9 Å². The van der Waals surface area contributed by atoms with Crippen LogP contribution in [0.2, 0.25) is 0 Å². The molecular formula is C49H44F4N6O6. The van der Waals surface area contributed by atoms with Gasteiger partial charge in [0.05, 0.1) is 42.4 Å². The van der Waals surface area contributed by atoms with Crippen LogP contribution in [0.3, 0.4) is 0 Å². The number of halogens is 4. The standard InChI is InChI=1S/C25H23F2N3O3.C24H21F2N3O3/c1-32-24(31)17-3-5-18(6-4-17)25(9-10-25)29-23-22-21(8-11-28-23)33-13-12-30(22)15-16-2-7-19(26)20(27)14-16;25-18-6-1-15(13-19(18)26)14-29-11-12-32-20-7-10-27-22(21(20)29)28-24(8-9-24)17-4-2-16(3-5-17)23(30)31/h2-8,11,14H,9-10,12-13,15H2,1H3,(H,28,29);1-7,10,13H,8-9,11-12,14H2,(H,27,28)(H,30,31). The highest BCUT2D eigenvalue weighted by molar-refractivity contribution is 5.89. The number of esters is 1. The second-order valence-electron chi connectivity index (χ2n) is 16.4. The van der Waals surface area contributed by atoms with Crippen LogP contribution in [0, 0.1) is 23.3 Å². The molecule has 4 aliphatic rings. The third-order valence-electron chi connectivity index (χ3n) is 12.1. The molecule has 0 saturated heterocycles. The summed E-state index contributed by atoms with van der Waals surface area (Å²) in [5, 5.41) is 16.3. The molecule has 3 N–H and O–H groups in total. The molecule has 2 fully saturated rings. The first-order chi connectivity index (χ1) is 31.4. The number of nitrogens with zero attached hydrogens (tertiary/aromatic N) is 4. The Kier molecular flexibility index (Phi) is 11.7. The molecular weight excluding hydrogens is 845 g/mol. The Hall–Kier alpha value is -7.36. The van der Waals surface area contributed by atoms with Crippen LogP contribution in [0.15, 0.2) is 109 Å². The number of hydrogen-bond donors (Lipinski definition) is 3. The van der Waals surface area contributed by atoms with Crippen LogP contribution in [-0.2, 0) is 28.9 Å². The molecule has 0 spiro atoms. The molecule has 4 heterocycles. The Morgan fingerprint density at radius 1 is 0.631 bits per heavy atom. The van der Waals surface area contributed by atoms with Crippen LogP contribution in [0.25, 0.3) is 0 Å². The van der Waals surface area contributed by atoms with E-state index in [0.29, 0.717) is 79.2 Å². The fraction of sp³-hybridized carbons (Fsp3) is 0.265. The highest BCUT2D eigenvalue weighted by atomic mass is 19.2. The Morgan fingerprint density at radius 3 is 1.45 bits per heavy atom. The van der Waals surface area contributed by atoms with E-state index in [2.05, 4.69) is 25.5 Å². The lowest BCUT2D eigenvalue weighted by Gasteiger charge is -2.33. The van der Waals surface area contributed by atoms with Gasteiger partial charge in [0.1, 0.15) is 36.1 Å². The van der Waals surface area contributed by atoms with Crippen molar-refractivity contribution in [3.63, 3.8) is 0 Å². The Bertz CT molecular complexity index is 2750. The van der Waals surface area contributed by atoms with E-state index >= 15 is 0 Å². The summed E-state index contributed by atoms with van der Waals surface area (Å²) in [6.07, 6.45) is 6.97. The predicted octanol–water partition coefficient (Wildman–Crippen LogP) is 9.20. The van der Waals surface area contributed by atoms with Gasteiger partial charge in [-0.1, -0.05) is 36.4 Å². The van der Waals surface area contributed by atoms with E-state index in [1.54, 1.807) is 54.9 Å². The van der Waals surface area contributed by atoms with Gasteiger partial charge in [-0.25, -0.2) is 37.1 Å². The number of pyridine rings is 2. The zero-order valence-electron chi connectivity index (χ0n) is 35.3. The molecule has 12 nitrogen and oxygen atoms in total. The molecule has 334 valence electrons. The number of methoxy groups -OCH3 is 1. The summed E-state index contributed by atoms with van der Waals surface area (Å²) in [5.74, 6) is -2.12. The third kappa shape index (κ3) is 9.06. The molecule has 0 bridgehead atoms. The van der Waals surface area contributed by atoms with Gasteiger partial charge >= 0.3 is 11.9 Å². The molecule has 10 rings (SSSR count). The Morgan fingerprint density at radius 2 is 1.06 bits per heavy atom. The van der Waals surface area contributed by atoms with E-state index in [0.717, 1.165) is 60.3 Å². The van der Waals surface area contributed by atoms with Gasteiger partial charge in [0, 0.05) is 37.6 Å². The fourth-order valence-corrected chi connectivity index (χ4v) is 8.34. The van der Waals surface area contributed by atoms with Gasteiger partial charge < -0.3 is 39.8 Å². The van der Waals surface area contributed by atoms with Crippen molar-refractivity contribution in [1.29, 1.82) is 0 Å². The maximum atomic E-state index is 13.8. The quantitative estimate of drug-likeness (QED) is 0.0798. The molecule has 2 saturated carbocycles. The minimum Gasteiger partial charge on any atom is -0.489 e. The first kappa shape index (κ1) is 42.9. The number of carboxylic acid groups (broad SMARTS) is 1. The van der Waals surface area contributed by atoms with Gasteiger partial charge in [0.2, 0.25) is 0 Å². The number of benzene rings is 4. The number of carboxylic acids is 1. The lowest BCUT2D eigenvalue weighted by molar-refractivity contribution is 0.0599. The van der Waals surface area contributed by atoms with Gasteiger partial charge in [-0.05, 0) is 96.5 Å². The normalized spacial score (nSPS) is 16.0. The maximum Gasteiger partial charge on any atom is 0.337 e. The number of anilines is 4. The molecule has 2 aliphatic heterocycles. The minimum atomic E-state index is -0.960. The topological polar surface area (TPSA) is 138 Å². The number of carbonyl (C=O) groups excluding carboxylic acids is 1. The van der Waals surface area contributed by atoms with E-state index in [1.807, 2.05) is 35.2 Å². The molecule has 0 atom stereocenters. The number of rotatable bonds is 12. The van der Waals surface area contributed by atoms with Crippen LogP contribution < -0.4 is 29.9 Å². The summed E-state index contributed by atoms with van der Waals surface area (Å²) in [7, 11) is 1.36. The van der Waals surface area contributed by atoms with Crippen molar-refractivity contribution >= 4 is 34.9 Å². The Labute approximate surface area is 371 Å². The SMILES string of the molecule is COC(=O)c1ccc(C2(Nc3nccc4c3N(Cc3ccc(F)c(F)c3)CCO4)CC2)cc1.O=C(O)c1ccc(C2(Nc3nccc4c3N(Cc3ccc(F)c(F)c3)CCO4)CC2)cc1. The lowest BCUT2D eigenvalue weighted by Crippen LogP contribution is -2.34. The number of carbonyl (C=O) groups is 2. The van der Waals surface area contributed by atoms with Crippen LogP contribution in [0.5, 0.6) is 11.5 Å². The van der Waals surface area contributed by atoms with Gasteiger partial charge in [-0.2, -0.15) is 0 Å². The van der Waals surface area contributed by atoms with Crippen LogP contribution in [-0.4, -0.2) is 60.4 Å². The molecule has 0 unspecified atom stereocenters. The van der Waals surface area contributed by atoms with E-state index in [4.69, 9.17) is 19.3 Å². The average molecular weight is 889 g/mol. The molecule has 2 aliphatic carbocycles. The second kappa shape index (κ2) is 17.7. The molecule has 65 heavy (non-hydrogen) atoms. The molecule has 0 radical (unpaired) electrons. The van der Waals surface area contributed by atoms with Crippen molar-refractivity contribution in [2.24, 2.45) is 0 Å². The fourth-order valence-electron chi connectivity index (χ4n) is 8.34. The monoisotopic (exact) mass is 888 g/mol. The van der Waals surface area contributed by atoms with Crippen LogP contribution >= 0.6 is 0 Å². The first-order valence-corrected chi connectivity index (χ1v) is 21.1. The zero-order valence-corrected chi connectivity index (χ0v) is 35.3. The zero-order chi connectivity index (χ0) is 45.3. The van der Waals surface area contributed by atoms with Crippen molar-refractivity contribution in [1.82, 2.24) is 9.97 Å². The molecule has 4 aromatic carbocycles. The maximum absolute atomic E-state index is 13.8. The summed E-state index contributed by atoms with van der Waals surface area (Å²) < 4.78 is 70.7. The average Bonchev–Trinajstić information content (AvgIpc) is 4.27. The third-order valence-corrected chi connectivity index (χ3v) is 12.1.